The molecule has 2 aromatic heterocycles. The van der Waals surface area contributed by atoms with Crippen LogP contribution < -0.4 is 15.3 Å². The molecule has 0 bridgehead atoms. The van der Waals surface area contributed by atoms with Gasteiger partial charge in [0.15, 0.2) is 11.5 Å². The molecule has 0 radical (unpaired) electrons. The van der Waals surface area contributed by atoms with Crippen LogP contribution in [0.25, 0.3) is 11.2 Å². The van der Waals surface area contributed by atoms with Crippen molar-refractivity contribution in [2.75, 3.05) is 25.3 Å². The number of esters is 1. The van der Waals surface area contributed by atoms with Crippen LogP contribution in [-0.4, -0.2) is 51.1 Å². The van der Waals surface area contributed by atoms with E-state index in [1.807, 2.05) is 32.9 Å². The average Bonchev–Trinajstić information content (AvgIpc) is 3.29. The van der Waals surface area contributed by atoms with E-state index in [0.717, 1.165) is 31.2 Å². The van der Waals surface area contributed by atoms with E-state index >= 15 is 0 Å². The van der Waals surface area contributed by atoms with Crippen molar-refractivity contribution in [2.24, 2.45) is 5.41 Å². The van der Waals surface area contributed by atoms with Gasteiger partial charge in [-0.05, 0) is 55.2 Å². The Morgan fingerprint density at radius 3 is 2.79 bits per heavy atom. The van der Waals surface area contributed by atoms with Gasteiger partial charge in [-0.1, -0.05) is 32.9 Å². The number of ether oxygens (including phenoxy) is 2. The second-order valence-electron chi connectivity index (χ2n) is 10.8. The van der Waals surface area contributed by atoms with Crippen LogP contribution in [0.15, 0.2) is 30.9 Å². The van der Waals surface area contributed by atoms with Crippen LogP contribution in [-0.2, 0) is 38.2 Å². The molecule has 0 saturated heterocycles. The first kappa shape index (κ1) is 28.0. The molecule has 1 aliphatic rings. The molecule has 206 valence electrons. The maximum atomic E-state index is 14.1. The Hall–Kier alpha value is -3.01. The molecule has 0 fully saturated rings. The van der Waals surface area contributed by atoms with Crippen molar-refractivity contribution in [3.63, 3.8) is 0 Å². The second kappa shape index (κ2) is 11.8. The number of aryl methyl sites for hydroxylation is 1. The summed E-state index contributed by atoms with van der Waals surface area (Å²) in [5.41, 5.74) is 9.04. The SMILES string of the molecule is C[C@H](NP(=O)(COCCn1cnc2c(N)ncnc21)Oc1cccc2c1CCCC2)C(=O)OCC(C)(C)C. The number of hydrogen-bond acceptors (Lipinski definition) is 9. The van der Waals surface area contributed by atoms with Crippen LogP contribution in [0.1, 0.15) is 51.7 Å². The average molecular weight is 545 g/mol. The first-order valence-corrected chi connectivity index (χ1v) is 14.7. The zero-order valence-electron chi connectivity index (χ0n) is 22.5. The molecule has 38 heavy (non-hydrogen) atoms. The molecule has 3 N–H and O–H groups in total. The molecule has 0 amide bonds. The van der Waals surface area contributed by atoms with Gasteiger partial charge in [-0.3, -0.25) is 9.36 Å². The number of carbonyl (C=O) groups excluding carboxylic acids is 1. The molecule has 11 nitrogen and oxygen atoms in total. The molecule has 0 saturated carbocycles. The number of anilines is 1. The van der Waals surface area contributed by atoms with E-state index in [0.29, 0.717) is 29.3 Å². The number of nitrogens with zero attached hydrogens (tertiary/aromatic N) is 4. The molecule has 2 heterocycles. The van der Waals surface area contributed by atoms with Gasteiger partial charge < -0.3 is 24.3 Å². The van der Waals surface area contributed by atoms with E-state index in [-0.39, 0.29) is 25.0 Å². The number of imidazole rings is 1. The van der Waals surface area contributed by atoms with Crippen LogP contribution in [0, 0.1) is 5.41 Å². The van der Waals surface area contributed by atoms with Gasteiger partial charge in [0.1, 0.15) is 30.0 Å². The highest BCUT2D eigenvalue weighted by atomic mass is 31.2. The lowest BCUT2D eigenvalue weighted by molar-refractivity contribution is -0.148. The van der Waals surface area contributed by atoms with Crippen molar-refractivity contribution < 1.29 is 23.4 Å². The van der Waals surface area contributed by atoms with Crippen LogP contribution >= 0.6 is 7.52 Å². The van der Waals surface area contributed by atoms with Gasteiger partial charge in [0.2, 0.25) is 0 Å². The summed E-state index contributed by atoms with van der Waals surface area (Å²) in [6, 6.07) is 4.95. The van der Waals surface area contributed by atoms with Crippen molar-refractivity contribution in [1.29, 1.82) is 0 Å². The molecule has 3 aromatic rings. The summed E-state index contributed by atoms with van der Waals surface area (Å²) in [5, 5.41) is 2.89. The summed E-state index contributed by atoms with van der Waals surface area (Å²) in [6.07, 6.45) is 6.73. The molecule has 1 unspecified atom stereocenters. The van der Waals surface area contributed by atoms with E-state index in [2.05, 4.69) is 26.1 Å². The van der Waals surface area contributed by atoms with Gasteiger partial charge in [0, 0.05) is 6.54 Å². The van der Waals surface area contributed by atoms with Crippen molar-refractivity contribution in [3.8, 4) is 5.75 Å². The Morgan fingerprint density at radius 1 is 1.21 bits per heavy atom. The molecular weight excluding hydrogens is 507 g/mol. The summed E-state index contributed by atoms with van der Waals surface area (Å²) in [6.45, 7) is 8.40. The number of hydrogen-bond donors (Lipinski definition) is 2. The fraction of sp³-hybridized carbons (Fsp3) is 0.538. The van der Waals surface area contributed by atoms with Crippen molar-refractivity contribution in [1.82, 2.24) is 24.6 Å². The lowest BCUT2D eigenvalue weighted by Crippen LogP contribution is -2.37. The number of carbonyl (C=O) groups is 1. The Kier molecular flexibility index (Phi) is 8.70. The Morgan fingerprint density at radius 2 is 2.00 bits per heavy atom. The van der Waals surface area contributed by atoms with Crippen molar-refractivity contribution in [2.45, 2.75) is 66.0 Å². The third kappa shape index (κ3) is 7.09. The second-order valence-corrected chi connectivity index (χ2v) is 12.8. The van der Waals surface area contributed by atoms with Gasteiger partial charge in [0.05, 0.1) is 19.5 Å². The third-order valence-corrected chi connectivity index (χ3v) is 7.95. The number of nitrogens with two attached hydrogens (primary N) is 1. The van der Waals surface area contributed by atoms with Crippen LogP contribution in [0.3, 0.4) is 0 Å². The molecular formula is C26H37N6O5P. The third-order valence-electron chi connectivity index (χ3n) is 6.16. The number of benzene rings is 1. The molecule has 0 spiro atoms. The fourth-order valence-electron chi connectivity index (χ4n) is 4.25. The van der Waals surface area contributed by atoms with Gasteiger partial charge in [0.25, 0.3) is 0 Å². The van der Waals surface area contributed by atoms with E-state index in [4.69, 9.17) is 19.7 Å². The van der Waals surface area contributed by atoms with E-state index in [1.54, 1.807) is 17.8 Å². The fourth-order valence-corrected chi connectivity index (χ4v) is 5.98. The summed E-state index contributed by atoms with van der Waals surface area (Å²) in [5.74, 6) is 0.362. The van der Waals surface area contributed by atoms with E-state index < -0.39 is 19.5 Å². The van der Waals surface area contributed by atoms with Gasteiger partial charge >= 0.3 is 13.5 Å². The van der Waals surface area contributed by atoms with Crippen molar-refractivity contribution >= 4 is 30.5 Å². The highest BCUT2D eigenvalue weighted by Crippen LogP contribution is 2.46. The molecule has 12 heteroatoms. The quantitative estimate of drug-likeness (QED) is 0.206. The lowest BCUT2D eigenvalue weighted by atomic mass is 9.91. The number of nitrogen functional groups attached to an aromatic ring is 1. The summed E-state index contributed by atoms with van der Waals surface area (Å²) >= 11 is 0. The predicted octanol–water partition coefficient (Wildman–Crippen LogP) is 4.10. The maximum absolute atomic E-state index is 14.1. The first-order chi connectivity index (χ1) is 18.0. The zero-order chi connectivity index (χ0) is 27.3. The van der Waals surface area contributed by atoms with Gasteiger partial charge in [-0.15, -0.1) is 0 Å². The Balaban J connectivity index is 1.46. The first-order valence-electron chi connectivity index (χ1n) is 12.9. The topological polar surface area (TPSA) is 143 Å². The standard InChI is InChI=1S/C26H37N6O5P/c1-18(25(33)36-14-26(2,3)4)31-38(34,37-21-11-7-9-19-8-5-6-10-20(19)21)17-35-13-12-32-16-30-22-23(27)28-15-29-24(22)32/h7,9,11,15-16,18H,5-6,8,10,12-14,17H2,1-4H3,(H,31,34)(H2,27,28,29)/t18-,38?/m0/s1. The van der Waals surface area contributed by atoms with Crippen molar-refractivity contribution in [3.05, 3.63) is 42.0 Å². The number of rotatable bonds is 11. The minimum absolute atomic E-state index is 0.186. The van der Waals surface area contributed by atoms with Gasteiger partial charge in [-0.25, -0.2) is 20.0 Å². The summed E-state index contributed by atoms with van der Waals surface area (Å²) in [7, 11) is -3.67. The summed E-state index contributed by atoms with van der Waals surface area (Å²) in [4.78, 5) is 25.1. The van der Waals surface area contributed by atoms with Crippen LogP contribution in [0.2, 0.25) is 0 Å². The Labute approximate surface area is 223 Å². The van der Waals surface area contributed by atoms with E-state index in [9.17, 15) is 9.36 Å². The molecule has 4 rings (SSSR count). The monoisotopic (exact) mass is 544 g/mol. The highest BCUT2D eigenvalue weighted by Gasteiger charge is 2.32. The van der Waals surface area contributed by atoms with Crippen LogP contribution in [0.5, 0.6) is 5.75 Å². The lowest BCUT2D eigenvalue weighted by Gasteiger charge is -2.27. The molecule has 2 atom stereocenters. The number of aromatic nitrogens is 4. The highest BCUT2D eigenvalue weighted by molar-refractivity contribution is 7.57. The molecule has 0 aliphatic heterocycles. The largest absolute Gasteiger partial charge is 0.464 e. The minimum Gasteiger partial charge on any atom is -0.464 e. The predicted molar refractivity (Wildman–Crippen MR) is 145 cm³/mol. The molecule has 1 aliphatic carbocycles. The minimum atomic E-state index is -3.67. The number of nitrogens with one attached hydrogen (secondary N) is 1. The zero-order valence-corrected chi connectivity index (χ0v) is 23.4. The summed E-state index contributed by atoms with van der Waals surface area (Å²) < 4.78 is 33.3. The smallest absolute Gasteiger partial charge is 0.342 e. The number of fused-ring (bicyclic) bond motifs is 2. The maximum Gasteiger partial charge on any atom is 0.342 e. The van der Waals surface area contributed by atoms with Gasteiger partial charge in [-0.2, -0.15) is 0 Å². The molecule has 1 aromatic carbocycles. The van der Waals surface area contributed by atoms with E-state index in [1.165, 1.54) is 11.9 Å². The van der Waals surface area contributed by atoms with Crippen LogP contribution in [0.4, 0.5) is 5.82 Å². The Bertz CT molecular complexity index is 1320. The normalized spacial score (nSPS) is 16.0.